The maximum absolute atomic E-state index is 13.0. The van der Waals surface area contributed by atoms with Crippen LogP contribution in [0.2, 0.25) is 0 Å². The fourth-order valence-electron chi connectivity index (χ4n) is 2.09. The Labute approximate surface area is 122 Å². The summed E-state index contributed by atoms with van der Waals surface area (Å²) in [5, 5.41) is 4.15. The highest BCUT2D eigenvalue weighted by Gasteiger charge is 2.07. The molecule has 0 atom stereocenters. The lowest BCUT2D eigenvalue weighted by molar-refractivity contribution is 0.620. The molecule has 0 radical (unpaired) electrons. The first kappa shape index (κ1) is 15.0. The average Bonchev–Trinajstić information content (AvgIpc) is 2.44. The van der Waals surface area contributed by atoms with Crippen LogP contribution in [-0.2, 0) is 6.54 Å². The molecule has 0 aliphatic rings. The van der Waals surface area contributed by atoms with E-state index in [1.807, 2.05) is 11.9 Å². The molecule has 0 aliphatic carbocycles. The molecule has 0 saturated carbocycles. The van der Waals surface area contributed by atoms with E-state index in [9.17, 15) is 9.18 Å². The molecule has 0 aliphatic heterocycles. The van der Waals surface area contributed by atoms with Crippen LogP contribution >= 0.6 is 0 Å². The molecular formula is C15H19FN4O. The number of rotatable bonds is 5. The Kier molecular flexibility index (Phi) is 4.57. The van der Waals surface area contributed by atoms with Crippen LogP contribution in [0.5, 0.6) is 0 Å². The van der Waals surface area contributed by atoms with Crippen molar-refractivity contribution in [1.82, 2.24) is 9.78 Å². The molecule has 0 unspecified atom stereocenters. The van der Waals surface area contributed by atoms with E-state index >= 15 is 0 Å². The minimum Gasteiger partial charge on any atom is -0.398 e. The first-order valence-electron chi connectivity index (χ1n) is 6.83. The maximum Gasteiger partial charge on any atom is 0.269 e. The fraction of sp³-hybridized carbons (Fsp3) is 0.333. The third kappa shape index (κ3) is 3.59. The van der Waals surface area contributed by atoms with Gasteiger partial charge in [-0.3, -0.25) is 4.79 Å². The Hall–Kier alpha value is -2.37. The molecule has 112 valence electrons. The highest BCUT2D eigenvalue weighted by atomic mass is 19.1. The summed E-state index contributed by atoms with van der Waals surface area (Å²) >= 11 is 0. The average molecular weight is 290 g/mol. The zero-order valence-electron chi connectivity index (χ0n) is 12.2. The van der Waals surface area contributed by atoms with Gasteiger partial charge in [0.05, 0.1) is 18.4 Å². The Morgan fingerprint density at radius 1 is 1.38 bits per heavy atom. The normalized spacial score (nSPS) is 10.6. The molecule has 5 nitrogen and oxygen atoms in total. The summed E-state index contributed by atoms with van der Waals surface area (Å²) < 4.78 is 14.3. The Balaban J connectivity index is 2.23. The molecule has 21 heavy (non-hydrogen) atoms. The number of benzene rings is 1. The van der Waals surface area contributed by atoms with Gasteiger partial charge in [0.25, 0.3) is 5.56 Å². The Morgan fingerprint density at radius 3 is 2.76 bits per heavy atom. The molecule has 0 bridgehead atoms. The lowest BCUT2D eigenvalue weighted by Crippen LogP contribution is -2.26. The van der Waals surface area contributed by atoms with Crippen molar-refractivity contribution in [2.75, 3.05) is 24.2 Å². The molecule has 6 heteroatoms. The molecule has 0 saturated heterocycles. The number of anilines is 2. The van der Waals surface area contributed by atoms with E-state index < -0.39 is 5.82 Å². The Bertz CT molecular complexity index is 684. The van der Waals surface area contributed by atoms with Crippen LogP contribution in [0, 0.1) is 5.82 Å². The van der Waals surface area contributed by atoms with E-state index in [-0.39, 0.29) is 12.1 Å². The minimum atomic E-state index is -0.395. The van der Waals surface area contributed by atoms with Crippen LogP contribution in [-0.4, -0.2) is 23.4 Å². The van der Waals surface area contributed by atoms with Gasteiger partial charge in [-0.05, 0) is 24.1 Å². The quantitative estimate of drug-likeness (QED) is 0.854. The van der Waals surface area contributed by atoms with Crippen molar-refractivity contribution in [3.8, 4) is 0 Å². The summed E-state index contributed by atoms with van der Waals surface area (Å²) in [5.41, 5.74) is 7.30. The summed E-state index contributed by atoms with van der Waals surface area (Å²) in [5.74, 6) is -0.395. The van der Waals surface area contributed by atoms with Gasteiger partial charge in [-0.1, -0.05) is 13.0 Å². The van der Waals surface area contributed by atoms with Gasteiger partial charge in [0.1, 0.15) is 5.82 Å². The smallest absolute Gasteiger partial charge is 0.269 e. The van der Waals surface area contributed by atoms with Gasteiger partial charge in [0.15, 0.2) is 0 Å². The molecule has 1 heterocycles. The van der Waals surface area contributed by atoms with Gasteiger partial charge in [0, 0.05) is 25.3 Å². The first-order valence-corrected chi connectivity index (χ1v) is 6.83. The Morgan fingerprint density at radius 2 is 2.14 bits per heavy atom. The van der Waals surface area contributed by atoms with Crippen molar-refractivity contribution < 1.29 is 4.39 Å². The van der Waals surface area contributed by atoms with Crippen molar-refractivity contribution in [3.05, 3.63) is 52.2 Å². The van der Waals surface area contributed by atoms with Crippen molar-refractivity contribution in [2.24, 2.45) is 0 Å². The third-order valence-electron chi connectivity index (χ3n) is 3.28. The topological polar surface area (TPSA) is 64.2 Å². The van der Waals surface area contributed by atoms with Crippen LogP contribution in [0.1, 0.15) is 18.9 Å². The van der Waals surface area contributed by atoms with Crippen LogP contribution in [0.25, 0.3) is 0 Å². The number of halogens is 1. The van der Waals surface area contributed by atoms with Crippen molar-refractivity contribution in [1.29, 1.82) is 0 Å². The number of hydrogen-bond acceptors (Lipinski definition) is 4. The standard InChI is InChI=1S/C15H19FN4O/c1-3-6-19(2)13-8-15(21)20(18-9-13)10-11-4-5-12(16)7-14(11)17/h4-5,7-9H,3,6,10,17H2,1-2H3. The highest BCUT2D eigenvalue weighted by molar-refractivity contribution is 5.47. The van der Waals surface area contributed by atoms with E-state index in [0.717, 1.165) is 18.7 Å². The molecule has 0 fully saturated rings. The third-order valence-corrected chi connectivity index (χ3v) is 3.28. The molecule has 2 aromatic rings. The molecular weight excluding hydrogens is 271 g/mol. The lowest BCUT2D eigenvalue weighted by Gasteiger charge is -2.18. The zero-order valence-corrected chi connectivity index (χ0v) is 12.2. The molecule has 0 amide bonds. The van der Waals surface area contributed by atoms with Gasteiger partial charge >= 0.3 is 0 Å². The first-order chi connectivity index (χ1) is 10.0. The summed E-state index contributed by atoms with van der Waals surface area (Å²) in [6, 6.07) is 5.67. The monoisotopic (exact) mass is 290 g/mol. The number of nitrogens with two attached hydrogens (primary N) is 1. The molecule has 2 N–H and O–H groups in total. The highest BCUT2D eigenvalue weighted by Crippen LogP contribution is 2.14. The second kappa shape index (κ2) is 6.39. The molecule has 1 aromatic heterocycles. The van der Waals surface area contributed by atoms with E-state index in [4.69, 9.17) is 5.73 Å². The zero-order chi connectivity index (χ0) is 15.4. The van der Waals surface area contributed by atoms with Crippen LogP contribution in [0.4, 0.5) is 15.8 Å². The number of hydrogen-bond donors (Lipinski definition) is 1. The summed E-state index contributed by atoms with van der Waals surface area (Å²) in [4.78, 5) is 14.1. The van der Waals surface area contributed by atoms with Gasteiger partial charge in [-0.15, -0.1) is 0 Å². The minimum absolute atomic E-state index is 0.209. The van der Waals surface area contributed by atoms with Crippen LogP contribution < -0.4 is 16.2 Å². The van der Waals surface area contributed by atoms with Gasteiger partial charge in [0.2, 0.25) is 0 Å². The van der Waals surface area contributed by atoms with Crippen molar-refractivity contribution in [2.45, 2.75) is 19.9 Å². The second-order valence-electron chi connectivity index (χ2n) is 4.97. The van der Waals surface area contributed by atoms with Gasteiger partial charge < -0.3 is 10.6 Å². The van der Waals surface area contributed by atoms with Crippen LogP contribution in [0.3, 0.4) is 0 Å². The SMILES string of the molecule is CCCN(C)c1cnn(Cc2ccc(F)cc2N)c(=O)c1. The summed E-state index contributed by atoms with van der Waals surface area (Å²) in [6.07, 6.45) is 2.64. The maximum atomic E-state index is 13.0. The lowest BCUT2D eigenvalue weighted by atomic mass is 10.2. The van der Waals surface area contributed by atoms with E-state index in [2.05, 4.69) is 12.0 Å². The van der Waals surface area contributed by atoms with Crippen LogP contribution in [0.15, 0.2) is 35.3 Å². The van der Waals surface area contributed by atoms with Gasteiger partial charge in [-0.25, -0.2) is 9.07 Å². The van der Waals surface area contributed by atoms with E-state index in [1.54, 1.807) is 18.3 Å². The second-order valence-corrected chi connectivity index (χ2v) is 4.97. The van der Waals surface area contributed by atoms with Crippen molar-refractivity contribution >= 4 is 11.4 Å². The van der Waals surface area contributed by atoms with Gasteiger partial charge in [-0.2, -0.15) is 5.10 Å². The predicted molar refractivity (Wildman–Crippen MR) is 82.0 cm³/mol. The molecule has 0 spiro atoms. The summed E-state index contributed by atoms with van der Waals surface area (Å²) in [6.45, 7) is 3.15. The van der Waals surface area contributed by atoms with Crippen molar-refractivity contribution in [3.63, 3.8) is 0 Å². The number of aromatic nitrogens is 2. The largest absolute Gasteiger partial charge is 0.398 e. The predicted octanol–water partition coefficient (Wildman–Crippen LogP) is 1.86. The van der Waals surface area contributed by atoms with E-state index in [1.165, 1.54) is 16.8 Å². The van der Waals surface area contributed by atoms with E-state index in [0.29, 0.717) is 11.3 Å². The summed E-state index contributed by atoms with van der Waals surface area (Å²) in [7, 11) is 1.92. The number of nitrogen functional groups attached to an aromatic ring is 1. The fourth-order valence-corrected chi connectivity index (χ4v) is 2.09. The number of nitrogens with zero attached hydrogens (tertiary/aromatic N) is 3. The molecule has 1 aromatic carbocycles. The molecule has 2 rings (SSSR count).